The van der Waals surface area contributed by atoms with E-state index in [9.17, 15) is 4.79 Å². The van der Waals surface area contributed by atoms with Crippen molar-refractivity contribution in [3.8, 4) is 0 Å². The molecule has 6 nitrogen and oxygen atoms in total. The lowest BCUT2D eigenvalue weighted by atomic mass is 10.1. The van der Waals surface area contributed by atoms with Gasteiger partial charge in [0.1, 0.15) is 5.76 Å². The first-order valence-electron chi connectivity index (χ1n) is 8.60. The number of likely N-dealkylation sites (tertiary alicyclic amines) is 1. The van der Waals surface area contributed by atoms with Crippen LogP contribution in [0.1, 0.15) is 72.4 Å². The second kappa shape index (κ2) is 6.24. The van der Waals surface area contributed by atoms with E-state index < -0.39 is 0 Å². The Labute approximate surface area is 145 Å². The monoisotopic (exact) mass is 348 g/mol. The van der Waals surface area contributed by atoms with Gasteiger partial charge in [0, 0.05) is 25.6 Å². The zero-order chi connectivity index (χ0) is 16.7. The Hall–Kier alpha value is -1.82. The van der Waals surface area contributed by atoms with Gasteiger partial charge in [-0.15, -0.1) is 0 Å². The molecule has 4 rings (SSSR count). The predicted octanol–water partition coefficient (Wildman–Crippen LogP) is 3.70. The summed E-state index contributed by atoms with van der Waals surface area (Å²) < 4.78 is 7.14. The van der Waals surface area contributed by atoms with Gasteiger partial charge in [-0.25, -0.2) is 0 Å². The molecule has 24 heavy (non-hydrogen) atoms. The van der Waals surface area contributed by atoms with Crippen molar-refractivity contribution in [3.05, 3.63) is 34.4 Å². The molecule has 1 unspecified atom stereocenters. The van der Waals surface area contributed by atoms with Crippen LogP contribution >= 0.6 is 11.6 Å². The van der Waals surface area contributed by atoms with E-state index in [2.05, 4.69) is 10.3 Å². The van der Waals surface area contributed by atoms with Gasteiger partial charge in [-0.1, -0.05) is 29.6 Å². The third kappa shape index (κ3) is 2.83. The summed E-state index contributed by atoms with van der Waals surface area (Å²) in [6, 6.07) is 1.74. The van der Waals surface area contributed by atoms with E-state index in [1.807, 2.05) is 18.0 Å². The second-order valence-electron chi connectivity index (χ2n) is 6.75. The number of nitrogens with zero attached hydrogens (tertiary/aromatic N) is 4. The Morgan fingerprint density at radius 3 is 2.83 bits per heavy atom. The maximum Gasteiger partial charge on any atom is 0.276 e. The van der Waals surface area contributed by atoms with Crippen molar-refractivity contribution < 1.29 is 9.32 Å². The summed E-state index contributed by atoms with van der Waals surface area (Å²) in [4.78, 5) is 15.0. The molecular weight excluding hydrogens is 328 g/mol. The fourth-order valence-electron chi connectivity index (χ4n) is 3.53. The van der Waals surface area contributed by atoms with E-state index in [1.165, 1.54) is 0 Å². The van der Waals surface area contributed by atoms with Gasteiger partial charge in [0.2, 0.25) is 0 Å². The molecule has 128 valence electrons. The van der Waals surface area contributed by atoms with E-state index in [4.69, 9.17) is 16.1 Å². The van der Waals surface area contributed by atoms with Gasteiger partial charge in [-0.05, 0) is 25.7 Å². The van der Waals surface area contributed by atoms with Gasteiger partial charge < -0.3 is 9.42 Å². The lowest BCUT2D eigenvalue weighted by Gasteiger charge is -2.29. The van der Waals surface area contributed by atoms with Crippen molar-refractivity contribution >= 4 is 17.5 Å². The molecular formula is C17H21ClN4O2. The lowest BCUT2D eigenvalue weighted by Crippen LogP contribution is -2.36. The summed E-state index contributed by atoms with van der Waals surface area (Å²) in [6.07, 6.45) is 7.96. The van der Waals surface area contributed by atoms with Crippen molar-refractivity contribution in [1.82, 2.24) is 19.8 Å². The average Bonchev–Trinajstić information content (AvgIpc) is 3.28. The number of hydrogen-bond acceptors (Lipinski definition) is 4. The molecule has 3 heterocycles. The zero-order valence-electron chi connectivity index (χ0n) is 13.7. The molecule has 2 aromatic rings. The SMILES string of the molecule is Cn1ncc(Cl)c1C1CCCCCN1C(=O)c1cc(C2CC2)on1. The molecule has 1 atom stereocenters. The number of amides is 1. The summed E-state index contributed by atoms with van der Waals surface area (Å²) >= 11 is 6.35. The third-order valence-corrected chi connectivity index (χ3v) is 5.29. The molecule has 1 saturated carbocycles. The highest BCUT2D eigenvalue weighted by molar-refractivity contribution is 6.31. The molecule has 0 N–H and O–H groups in total. The minimum absolute atomic E-state index is 0.0684. The summed E-state index contributed by atoms with van der Waals surface area (Å²) in [5, 5.41) is 8.87. The molecule has 0 bridgehead atoms. The number of carbonyl (C=O) groups excluding carboxylic acids is 1. The van der Waals surface area contributed by atoms with Gasteiger partial charge in [0.25, 0.3) is 5.91 Å². The summed E-state index contributed by atoms with van der Waals surface area (Å²) in [5.74, 6) is 1.21. The van der Waals surface area contributed by atoms with Crippen LogP contribution in [0.5, 0.6) is 0 Å². The van der Waals surface area contributed by atoms with Crippen molar-refractivity contribution in [2.75, 3.05) is 6.54 Å². The largest absolute Gasteiger partial charge is 0.360 e. The van der Waals surface area contributed by atoms with Gasteiger partial charge in [-0.2, -0.15) is 5.10 Å². The Morgan fingerprint density at radius 2 is 2.12 bits per heavy atom. The first-order chi connectivity index (χ1) is 11.6. The van der Waals surface area contributed by atoms with Crippen LogP contribution in [0.4, 0.5) is 0 Å². The number of aryl methyl sites for hydroxylation is 1. The van der Waals surface area contributed by atoms with E-state index >= 15 is 0 Å². The second-order valence-corrected chi connectivity index (χ2v) is 7.16. The lowest BCUT2D eigenvalue weighted by molar-refractivity contribution is 0.0663. The Morgan fingerprint density at radius 1 is 1.29 bits per heavy atom. The van der Waals surface area contributed by atoms with Gasteiger partial charge in [-0.3, -0.25) is 9.48 Å². The molecule has 1 aliphatic carbocycles. The van der Waals surface area contributed by atoms with Crippen LogP contribution in [-0.4, -0.2) is 32.3 Å². The predicted molar refractivity (Wildman–Crippen MR) is 88.9 cm³/mol. The van der Waals surface area contributed by atoms with Crippen LogP contribution in [0.2, 0.25) is 5.02 Å². The highest BCUT2D eigenvalue weighted by Crippen LogP contribution is 2.40. The average molecular weight is 349 g/mol. The molecule has 2 aromatic heterocycles. The summed E-state index contributed by atoms with van der Waals surface area (Å²) in [6.45, 7) is 0.705. The number of rotatable bonds is 3. The first-order valence-corrected chi connectivity index (χ1v) is 8.98. The summed E-state index contributed by atoms with van der Waals surface area (Å²) in [5.41, 5.74) is 1.31. The molecule has 0 spiro atoms. The van der Waals surface area contributed by atoms with Crippen LogP contribution in [-0.2, 0) is 7.05 Å². The molecule has 2 aliphatic rings. The van der Waals surface area contributed by atoms with Crippen molar-refractivity contribution in [1.29, 1.82) is 0 Å². The highest BCUT2D eigenvalue weighted by atomic mass is 35.5. The zero-order valence-corrected chi connectivity index (χ0v) is 14.5. The quantitative estimate of drug-likeness (QED) is 0.848. The van der Waals surface area contributed by atoms with Crippen LogP contribution in [0.3, 0.4) is 0 Å². The van der Waals surface area contributed by atoms with Crippen LogP contribution in [0.25, 0.3) is 0 Å². The smallest absolute Gasteiger partial charge is 0.276 e. The molecule has 0 aromatic carbocycles. The fraction of sp³-hybridized carbons (Fsp3) is 0.588. The van der Waals surface area contributed by atoms with E-state index in [-0.39, 0.29) is 11.9 Å². The topological polar surface area (TPSA) is 64.2 Å². The molecule has 0 radical (unpaired) electrons. The van der Waals surface area contributed by atoms with Crippen molar-refractivity contribution in [2.24, 2.45) is 7.05 Å². The van der Waals surface area contributed by atoms with Crippen molar-refractivity contribution in [3.63, 3.8) is 0 Å². The van der Waals surface area contributed by atoms with Gasteiger partial charge in [0.05, 0.1) is 23.0 Å². The fourth-order valence-corrected chi connectivity index (χ4v) is 3.82. The number of hydrogen-bond donors (Lipinski definition) is 0. The van der Waals surface area contributed by atoms with E-state index in [1.54, 1.807) is 10.9 Å². The van der Waals surface area contributed by atoms with E-state index in [0.29, 0.717) is 23.2 Å². The maximum atomic E-state index is 13.1. The Balaban J connectivity index is 1.65. The molecule has 2 fully saturated rings. The number of halogens is 1. The normalized spacial score (nSPS) is 21.8. The third-order valence-electron chi connectivity index (χ3n) is 4.99. The van der Waals surface area contributed by atoms with Crippen molar-refractivity contribution in [2.45, 2.75) is 50.5 Å². The maximum absolute atomic E-state index is 13.1. The van der Waals surface area contributed by atoms with Crippen LogP contribution in [0, 0.1) is 0 Å². The summed E-state index contributed by atoms with van der Waals surface area (Å²) in [7, 11) is 1.87. The number of aromatic nitrogens is 3. The van der Waals surface area contributed by atoms with Gasteiger partial charge >= 0.3 is 0 Å². The molecule has 1 amide bonds. The van der Waals surface area contributed by atoms with E-state index in [0.717, 1.165) is 50.0 Å². The first kappa shape index (κ1) is 15.7. The van der Waals surface area contributed by atoms with Crippen LogP contribution in [0.15, 0.2) is 16.8 Å². The Bertz CT molecular complexity index is 730. The minimum atomic E-state index is -0.0742. The molecule has 1 aliphatic heterocycles. The minimum Gasteiger partial charge on any atom is -0.360 e. The Kier molecular flexibility index (Phi) is 4.08. The van der Waals surface area contributed by atoms with Gasteiger partial charge in [0.15, 0.2) is 5.69 Å². The standard InChI is InChI=1S/C17H21ClN4O2/c1-21-16(12(18)10-19-21)14-5-3-2-4-8-22(14)17(23)13-9-15(24-20-13)11-6-7-11/h9-11,14H,2-8H2,1H3. The molecule has 1 saturated heterocycles. The number of carbonyl (C=O) groups is 1. The van der Waals surface area contributed by atoms with Crippen LogP contribution < -0.4 is 0 Å². The molecule has 7 heteroatoms. The highest BCUT2D eigenvalue weighted by Gasteiger charge is 2.34.